The fourth-order valence-electron chi connectivity index (χ4n) is 2.29. The molecule has 3 aromatic rings. The number of nitrogens with zero attached hydrogens (tertiary/aromatic N) is 2. The largest absolute Gasteiger partial charge is 0.488 e. The molecule has 0 aliphatic carbocycles. The molecule has 0 atom stereocenters. The number of alkyl halides is 3. The molecule has 0 saturated heterocycles. The zero-order chi connectivity index (χ0) is 20.9. The first-order valence-electron chi connectivity index (χ1n) is 8.31. The van der Waals surface area contributed by atoms with Crippen LogP contribution in [0.3, 0.4) is 0 Å². The van der Waals surface area contributed by atoms with Crippen molar-refractivity contribution in [3.8, 4) is 5.75 Å². The van der Waals surface area contributed by atoms with Crippen LogP contribution in [-0.4, -0.2) is 11.2 Å². The Morgan fingerprint density at radius 2 is 1.93 bits per heavy atom. The third-order valence-electron chi connectivity index (χ3n) is 3.78. The SMILES string of the molecule is FC(F)(F)c1ccc(N/N=C\c2ccc(OCc3ccccc3Cl)c(Br)c2)nc1. The fraction of sp³-hybridized carbons (Fsp3) is 0.100. The maximum atomic E-state index is 12.5. The summed E-state index contributed by atoms with van der Waals surface area (Å²) in [5.74, 6) is 0.840. The second-order valence-electron chi connectivity index (χ2n) is 5.87. The topological polar surface area (TPSA) is 46.5 Å². The quantitative estimate of drug-likeness (QED) is 0.319. The molecule has 1 aromatic heterocycles. The summed E-state index contributed by atoms with van der Waals surface area (Å²) in [6.07, 6.45) is -2.15. The highest BCUT2D eigenvalue weighted by Gasteiger charge is 2.30. The Labute approximate surface area is 178 Å². The van der Waals surface area contributed by atoms with Gasteiger partial charge in [0.15, 0.2) is 0 Å². The number of hydrazone groups is 1. The Bertz CT molecular complexity index is 1010. The van der Waals surface area contributed by atoms with Gasteiger partial charge in [-0.3, -0.25) is 5.43 Å². The van der Waals surface area contributed by atoms with E-state index in [9.17, 15) is 13.2 Å². The molecular weight excluding hydrogens is 471 g/mol. The van der Waals surface area contributed by atoms with Crippen LogP contribution < -0.4 is 10.2 Å². The van der Waals surface area contributed by atoms with Gasteiger partial charge in [-0.2, -0.15) is 18.3 Å². The summed E-state index contributed by atoms with van der Waals surface area (Å²) in [6, 6.07) is 14.9. The van der Waals surface area contributed by atoms with Gasteiger partial charge >= 0.3 is 6.18 Å². The zero-order valence-corrected chi connectivity index (χ0v) is 17.1. The first kappa shape index (κ1) is 21.1. The van der Waals surface area contributed by atoms with Crippen molar-refractivity contribution in [3.05, 3.63) is 87.0 Å². The number of ether oxygens (including phenoxy) is 1. The number of pyridine rings is 1. The van der Waals surface area contributed by atoms with Gasteiger partial charge in [-0.1, -0.05) is 29.8 Å². The lowest BCUT2D eigenvalue weighted by Gasteiger charge is -2.10. The van der Waals surface area contributed by atoms with Gasteiger partial charge in [0.2, 0.25) is 0 Å². The van der Waals surface area contributed by atoms with Crippen molar-refractivity contribution in [2.24, 2.45) is 5.10 Å². The number of anilines is 1. The van der Waals surface area contributed by atoms with Gasteiger partial charge in [-0.05, 0) is 57.9 Å². The van der Waals surface area contributed by atoms with Crippen molar-refractivity contribution >= 4 is 39.6 Å². The maximum Gasteiger partial charge on any atom is 0.417 e. The minimum absolute atomic E-state index is 0.202. The molecule has 3 rings (SSSR count). The highest BCUT2D eigenvalue weighted by molar-refractivity contribution is 9.10. The van der Waals surface area contributed by atoms with Crippen LogP contribution in [0.1, 0.15) is 16.7 Å². The van der Waals surface area contributed by atoms with Gasteiger partial charge in [0, 0.05) is 16.8 Å². The van der Waals surface area contributed by atoms with Crippen LogP contribution >= 0.6 is 27.5 Å². The standard InChI is InChI=1S/C20H14BrClF3N3O/c21-16-9-13(5-7-18(16)29-12-14-3-1-2-4-17(14)22)10-27-28-19-8-6-15(11-26-19)20(23,24)25/h1-11H,12H2,(H,26,28)/b27-10-. The predicted octanol–water partition coefficient (Wildman–Crippen LogP) is 6.54. The summed E-state index contributed by atoms with van der Waals surface area (Å²) in [5, 5.41) is 4.62. The monoisotopic (exact) mass is 483 g/mol. The molecule has 1 heterocycles. The highest BCUT2D eigenvalue weighted by atomic mass is 79.9. The van der Waals surface area contributed by atoms with Crippen LogP contribution in [0.25, 0.3) is 0 Å². The van der Waals surface area contributed by atoms with Gasteiger partial charge in [0.05, 0.1) is 16.3 Å². The van der Waals surface area contributed by atoms with Crippen LogP contribution in [0.4, 0.5) is 19.0 Å². The van der Waals surface area contributed by atoms with E-state index in [1.54, 1.807) is 24.3 Å². The molecule has 0 aliphatic rings. The number of benzene rings is 2. The lowest BCUT2D eigenvalue weighted by molar-refractivity contribution is -0.137. The van der Waals surface area contributed by atoms with E-state index >= 15 is 0 Å². The van der Waals surface area contributed by atoms with E-state index in [1.807, 2.05) is 18.2 Å². The van der Waals surface area contributed by atoms with Gasteiger partial charge in [-0.15, -0.1) is 0 Å². The number of nitrogens with one attached hydrogen (secondary N) is 1. The molecule has 0 saturated carbocycles. The Morgan fingerprint density at radius 3 is 2.59 bits per heavy atom. The summed E-state index contributed by atoms with van der Waals surface area (Å²) in [7, 11) is 0. The van der Waals surface area contributed by atoms with Crippen molar-refractivity contribution in [2.45, 2.75) is 12.8 Å². The maximum absolute atomic E-state index is 12.5. The van der Waals surface area contributed by atoms with Gasteiger partial charge in [0.1, 0.15) is 18.2 Å². The second kappa shape index (κ2) is 9.28. The van der Waals surface area contributed by atoms with E-state index in [0.717, 1.165) is 27.9 Å². The first-order chi connectivity index (χ1) is 13.8. The number of hydrogen-bond donors (Lipinski definition) is 1. The molecule has 0 fully saturated rings. The van der Waals surface area contributed by atoms with Crippen LogP contribution in [0, 0.1) is 0 Å². The molecular formula is C20H14BrClF3N3O. The Morgan fingerprint density at radius 1 is 1.14 bits per heavy atom. The van der Waals surface area contributed by atoms with Gasteiger partial charge in [-0.25, -0.2) is 4.98 Å². The minimum atomic E-state index is -4.42. The minimum Gasteiger partial charge on any atom is -0.488 e. The van der Waals surface area contributed by atoms with E-state index in [2.05, 4.69) is 31.4 Å². The Balaban J connectivity index is 1.59. The van der Waals surface area contributed by atoms with E-state index in [4.69, 9.17) is 16.3 Å². The normalized spacial score (nSPS) is 11.6. The summed E-state index contributed by atoms with van der Waals surface area (Å²) in [4.78, 5) is 3.68. The summed E-state index contributed by atoms with van der Waals surface area (Å²) in [5.41, 5.74) is 3.40. The molecule has 4 nitrogen and oxygen atoms in total. The molecule has 0 unspecified atom stereocenters. The Hall–Kier alpha value is -2.58. The van der Waals surface area contributed by atoms with Crippen molar-refractivity contribution in [1.82, 2.24) is 4.98 Å². The van der Waals surface area contributed by atoms with Gasteiger partial charge < -0.3 is 4.74 Å². The average molecular weight is 485 g/mol. The van der Waals surface area contributed by atoms with Crippen molar-refractivity contribution in [3.63, 3.8) is 0 Å². The molecule has 29 heavy (non-hydrogen) atoms. The fourth-order valence-corrected chi connectivity index (χ4v) is 2.99. The molecule has 0 aliphatic heterocycles. The molecule has 0 radical (unpaired) electrons. The average Bonchev–Trinajstić information content (AvgIpc) is 2.68. The first-order valence-corrected chi connectivity index (χ1v) is 9.48. The second-order valence-corrected chi connectivity index (χ2v) is 7.13. The third kappa shape index (κ3) is 5.95. The summed E-state index contributed by atoms with van der Waals surface area (Å²) >= 11 is 9.56. The lowest BCUT2D eigenvalue weighted by atomic mass is 10.2. The van der Waals surface area contributed by atoms with E-state index in [0.29, 0.717) is 17.4 Å². The zero-order valence-electron chi connectivity index (χ0n) is 14.8. The summed E-state index contributed by atoms with van der Waals surface area (Å²) < 4.78 is 44.1. The van der Waals surface area contributed by atoms with E-state index in [1.165, 1.54) is 12.3 Å². The van der Waals surface area contributed by atoms with Crippen molar-refractivity contribution < 1.29 is 17.9 Å². The van der Waals surface area contributed by atoms with Crippen molar-refractivity contribution in [2.75, 3.05) is 5.43 Å². The molecule has 1 N–H and O–H groups in total. The lowest BCUT2D eigenvalue weighted by Crippen LogP contribution is -2.05. The number of hydrogen-bond acceptors (Lipinski definition) is 4. The number of aromatic nitrogens is 1. The van der Waals surface area contributed by atoms with Crippen LogP contribution in [0.15, 0.2) is 70.4 Å². The highest BCUT2D eigenvalue weighted by Crippen LogP contribution is 2.29. The van der Waals surface area contributed by atoms with Crippen LogP contribution in [0.5, 0.6) is 5.75 Å². The molecule has 9 heteroatoms. The van der Waals surface area contributed by atoms with E-state index < -0.39 is 11.7 Å². The molecule has 0 amide bonds. The molecule has 150 valence electrons. The molecule has 0 bridgehead atoms. The predicted molar refractivity (Wildman–Crippen MR) is 110 cm³/mol. The van der Waals surface area contributed by atoms with Crippen LogP contribution in [-0.2, 0) is 12.8 Å². The molecule has 0 spiro atoms. The van der Waals surface area contributed by atoms with Crippen molar-refractivity contribution in [1.29, 1.82) is 0 Å². The smallest absolute Gasteiger partial charge is 0.417 e. The number of rotatable bonds is 6. The van der Waals surface area contributed by atoms with Gasteiger partial charge in [0.25, 0.3) is 0 Å². The Kier molecular flexibility index (Phi) is 6.76. The van der Waals surface area contributed by atoms with Crippen LogP contribution in [0.2, 0.25) is 5.02 Å². The third-order valence-corrected chi connectivity index (χ3v) is 4.77. The van der Waals surface area contributed by atoms with E-state index in [-0.39, 0.29) is 5.82 Å². The number of halogens is 5. The molecule has 2 aromatic carbocycles. The summed E-state index contributed by atoms with van der Waals surface area (Å²) in [6.45, 7) is 0.326.